The molecule has 0 saturated carbocycles. The van der Waals surface area contributed by atoms with Gasteiger partial charge in [0, 0.05) is 7.05 Å². The Bertz CT molecular complexity index is 946. The number of nitrogens with one attached hydrogen (secondary N) is 1. The highest BCUT2D eigenvalue weighted by atomic mass is 19.4. The first-order valence-corrected chi connectivity index (χ1v) is 7.24. The van der Waals surface area contributed by atoms with E-state index in [1.54, 1.807) is 6.92 Å². The fourth-order valence-corrected chi connectivity index (χ4v) is 2.14. The number of furan rings is 1. The van der Waals surface area contributed by atoms with Crippen LogP contribution in [-0.4, -0.2) is 26.0 Å². The van der Waals surface area contributed by atoms with E-state index in [-0.39, 0.29) is 17.0 Å². The molecule has 0 aliphatic heterocycles. The minimum atomic E-state index is -4.68. The van der Waals surface area contributed by atoms with Crippen LogP contribution in [0, 0.1) is 12.9 Å². The minimum Gasteiger partial charge on any atom is -0.463 e. The van der Waals surface area contributed by atoms with Gasteiger partial charge in [-0.1, -0.05) is 0 Å². The first-order valence-electron chi connectivity index (χ1n) is 7.24. The molecular weight excluding hydrogens is 356 g/mol. The molecule has 0 amide bonds. The number of alkyl halides is 3. The second-order valence-electron chi connectivity index (χ2n) is 5.22. The molecule has 0 bridgehead atoms. The SMILES string of the molecule is Cc1nn(C)c(F)c1/C=N/Nc1nc(-c2ccco2)cc(C(F)(F)F)n1. The summed E-state index contributed by atoms with van der Waals surface area (Å²) in [6.07, 6.45) is -2.28. The van der Waals surface area contributed by atoms with Crippen LogP contribution in [0.4, 0.5) is 23.5 Å². The first-order chi connectivity index (χ1) is 12.3. The summed E-state index contributed by atoms with van der Waals surface area (Å²) in [5.74, 6) is -0.905. The third-order valence-electron chi connectivity index (χ3n) is 3.34. The maximum absolute atomic E-state index is 13.8. The van der Waals surface area contributed by atoms with E-state index in [0.717, 1.165) is 17.0 Å². The summed E-state index contributed by atoms with van der Waals surface area (Å²) in [5.41, 5.74) is 1.50. The van der Waals surface area contributed by atoms with Crippen LogP contribution in [0.1, 0.15) is 17.0 Å². The lowest BCUT2D eigenvalue weighted by molar-refractivity contribution is -0.141. The van der Waals surface area contributed by atoms with E-state index in [4.69, 9.17) is 4.42 Å². The number of hydrogen-bond acceptors (Lipinski definition) is 6. The highest BCUT2D eigenvalue weighted by Crippen LogP contribution is 2.31. The number of aryl methyl sites for hydroxylation is 2. The highest BCUT2D eigenvalue weighted by molar-refractivity contribution is 5.81. The van der Waals surface area contributed by atoms with Gasteiger partial charge in [0.2, 0.25) is 11.9 Å². The molecule has 26 heavy (non-hydrogen) atoms. The molecule has 0 unspecified atom stereocenters. The molecule has 136 valence electrons. The lowest BCUT2D eigenvalue weighted by Gasteiger charge is -2.09. The Labute approximate surface area is 144 Å². The largest absolute Gasteiger partial charge is 0.463 e. The average molecular weight is 368 g/mol. The van der Waals surface area contributed by atoms with E-state index in [2.05, 4.69) is 25.6 Å². The molecule has 0 aliphatic carbocycles. The van der Waals surface area contributed by atoms with Gasteiger partial charge in [0.05, 0.1) is 23.7 Å². The predicted molar refractivity (Wildman–Crippen MR) is 83.9 cm³/mol. The Balaban J connectivity index is 1.92. The molecule has 3 aromatic rings. The molecule has 7 nitrogen and oxygen atoms in total. The van der Waals surface area contributed by atoms with Gasteiger partial charge in [-0.2, -0.15) is 27.8 Å². The number of anilines is 1. The van der Waals surface area contributed by atoms with Gasteiger partial charge in [0.1, 0.15) is 5.69 Å². The summed E-state index contributed by atoms with van der Waals surface area (Å²) >= 11 is 0. The van der Waals surface area contributed by atoms with E-state index in [9.17, 15) is 17.6 Å². The van der Waals surface area contributed by atoms with Crippen LogP contribution in [0.15, 0.2) is 34.0 Å². The zero-order chi connectivity index (χ0) is 18.9. The molecular formula is C15H12F4N6O. The maximum Gasteiger partial charge on any atom is 0.433 e. The quantitative estimate of drug-likeness (QED) is 0.434. The van der Waals surface area contributed by atoms with Crippen molar-refractivity contribution in [2.45, 2.75) is 13.1 Å². The zero-order valence-electron chi connectivity index (χ0n) is 13.5. The Morgan fingerprint density at radius 3 is 2.65 bits per heavy atom. The maximum atomic E-state index is 13.8. The summed E-state index contributed by atoms with van der Waals surface area (Å²) in [7, 11) is 1.42. The van der Waals surface area contributed by atoms with Gasteiger partial charge in [-0.3, -0.25) is 0 Å². The van der Waals surface area contributed by atoms with Crippen LogP contribution in [-0.2, 0) is 13.2 Å². The smallest absolute Gasteiger partial charge is 0.433 e. The van der Waals surface area contributed by atoms with Crippen LogP contribution in [0.2, 0.25) is 0 Å². The number of halogens is 4. The van der Waals surface area contributed by atoms with Crippen molar-refractivity contribution in [1.82, 2.24) is 19.7 Å². The molecule has 0 aromatic carbocycles. The molecule has 0 aliphatic rings. The molecule has 3 heterocycles. The van der Waals surface area contributed by atoms with E-state index in [1.165, 1.54) is 25.4 Å². The molecule has 0 fully saturated rings. The number of hydrogen-bond donors (Lipinski definition) is 1. The second kappa shape index (κ2) is 6.58. The van der Waals surface area contributed by atoms with Gasteiger partial charge in [-0.05, 0) is 25.1 Å². The summed E-state index contributed by atoms with van der Waals surface area (Å²) in [5, 5.41) is 7.56. The average Bonchev–Trinajstić information content (AvgIpc) is 3.18. The topological polar surface area (TPSA) is 81.1 Å². The fourth-order valence-electron chi connectivity index (χ4n) is 2.14. The van der Waals surface area contributed by atoms with Gasteiger partial charge in [0.25, 0.3) is 0 Å². The van der Waals surface area contributed by atoms with Gasteiger partial charge >= 0.3 is 6.18 Å². The number of aromatic nitrogens is 4. The Kier molecular flexibility index (Phi) is 4.45. The number of nitrogens with zero attached hydrogens (tertiary/aromatic N) is 5. The van der Waals surface area contributed by atoms with Crippen LogP contribution in [0.5, 0.6) is 0 Å². The minimum absolute atomic E-state index is 0.0706. The van der Waals surface area contributed by atoms with Crippen molar-refractivity contribution in [1.29, 1.82) is 0 Å². The third kappa shape index (κ3) is 3.55. The van der Waals surface area contributed by atoms with Crippen molar-refractivity contribution in [2.75, 3.05) is 5.43 Å². The summed E-state index contributed by atoms with van der Waals surface area (Å²) < 4.78 is 59.0. The molecule has 3 rings (SSSR count). The second-order valence-corrected chi connectivity index (χ2v) is 5.22. The third-order valence-corrected chi connectivity index (χ3v) is 3.34. The molecule has 3 aromatic heterocycles. The molecule has 0 radical (unpaired) electrons. The highest BCUT2D eigenvalue weighted by Gasteiger charge is 2.34. The van der Waals surface area contributed by atoms with E-state index < -0.39 is 23.8 Å². The molecule has 1 N–H and O–H groups in total. The van der Waals surface area contributed by atoms with Gasteiger partial charge in [-0.15, -0.1) is 0 Å². The van der Waals surface area contributed by atoms with Crippen LogP contribution < -0.4 is 5.43 Å². The molecule has 11 heteroatoms. The number of rotatable bonds is 4. The van der Waals surface area contributed by atoms with Crippen molar-refractivity contribution >= 4 is 12.2 Å². The van der Waals surface area contributed by atoms with Crippen LogP contribution in [0.3, 0.4) is 0 Å². The van der Waals surface area contributed by atoms with Crippen molar-refractivity contribution < 1.29 is 22.0 Å². The van der Waals surface area contributed by atoms with E-state index >= 15 is 0 Å². The lowest BCUT2D eigenvalue weighted by Crippen LogP contribution is -2.11. The predicted octanol–water partition coefficient (Wildman–Crippen LogP) is 3.38. The summed E-state index contributed by atoms with van der Waals surface area (Å²) in [6, 6.07) is 3.74. The van der Waals surface area contributed by atoms with Gasteiger partial charge in [0.15, 0.2) is 11.5 Å². The monoisotopic (exact) mass is 368 g/mol. The van der Waals surface area contributed by atoms with Crippen molar-refractivity contribution in [2.24, 2.45) is 12.1 Å². The standard InChI is InChI=1S/C15H12F4N6O/c1-8-9(13(16)25(2)24-8)7-20-23-14-21-10(11-4-3-5-26-11)6-12(22-14)15(17,18)19/h3-7H,1-2H3,(H,21,22,23)/b20-7+. The van der Waals surface area contributed by atoms with Crippen LogP contribution >= 0.6 is 0 Å². The fraction of sp³-hybridized carbons (Fsp3) is 0.200. The van der Waals surface area contributed by atoms with Crippen LogP contribution in [0.25, 0.3) is 11.5 Å². The van der Waals surface area contributed by atoms with Crippen molar-refractivity contribution in [3.05, 3.63) is 47.4 Å². The zero-order valence-corrected chi connectivity index (χ0v) is 13.5. The Hall–Kier alpha value is -3.24. The summed E-state index contributed by atoms with van der Waals surface area (Å²) in [6.45, 7) is 1.57. The lowest BCUT2D eigenvalue weighted by atomic mass is 10.2. The van der Waals surface area contributed by atoms with E-state index in [0.29, 0.717) is 5.69 Å². The normalized spacial score (nSPS) is 12.1. The Morgan fingerprint density at radius 2 is 2.08 bits per heavy atom. The molecule has 0 atom stereocenters. The first kappa shape index (κ1) is 17.6. The number of hydrazone groups is 1. The van der Waals surface area contributed by atoms with E-state index in [1.807, 2.05) is 0 Å². The van der Waals surface area contributed by atoms with Crippen molar-refractivity contribution in [3.8, 4) is 11.5 Å². The Morgan fingerprint density at radius 1 is 1.31 bits per heavy atom. The molecule has 0 spiro atoms. The summed E-state index contributed by atoms with van der Waals surface area (Å²) in [4.78, 5) is 7.30. The molecule has 0 saturated heterocycles. The van der Waals surface area contributed by atoms with Crippen molar-refractivity contribution in [3.63, 3.8) is 0 Å². The van der Waals surface area contributed by atoms with Gasteiger partial charge < -0.3 is 4.42 Å². The van der Waals surface area contributed by atoms with Gasteiger partial charge in [-0.25, -0.2) is 20.1 Å².